The molecule has 0 radical (unpaired) electrons. The van der Waals surface area contributed by atoms with E-state index >= 15 is 0 Å². The fourth-order valence-corrected chi connectivity index (χ4v) is 2.50. The quantitative estimate of drug-likeness (QED) is 0.763. The second-order valence-corrected chi connectivity index (χ2v) is 4.25. The third-order valence-electron chi connectivity index (χ3n) is 2.95. The SMILES string of the molecule is COc1cc2c(c(OC)c1OC)CCC2Cl. The lowest BCUT2D eigenvalue weighted by Crippen LogP contribution is -1.99. The largest absolute Gasteiger partial charge is 0.493 e. The first-order chi connectivity index (χ1) is 7.72. The second-order valence-electron chi connectivity index (χ2n) is 3.72. The van der Waals surface area contributed by atoms with Gasteiger partial charge in [0.1, 0.15) is 0 Å². The number of ether oxygens (including phenoxy) is 3. The van der Waals surface area contributed by atoms with E-state index in [9.17, 15) is 0 Å². The molecule has 4 heteroatoms. The molecule has 0 N–H and O–H groups in total. The molecule has 1 unspecified atom stereocenters. The average Bonchev–Trinajstić information content (AvgIpc) is 2.68. The number of hydrogen-bond acceptors (Lipinski definition) is 3. The summed E-state index contributed by atoms with van der Waals surface area (Å²) in [6.07, 6.45) is 1.86. The summed E-state index contributed by atoms with van der Waals surface area (Å²) in [7, 11) is 4.86. The van der Waals surface area contributed by atoms with Crippen molar-refractivity contribution in [2.75, 3.05) is 21.3 Å². The van der Waals surface area contributed by atoms with E-state index in [4.69, 9.17) is 25.8 Å². The molecule has 0 saturated heterocycles. The van der Waals surface area contributed by atoms with Crippen molar-refractivity contribution in [3.8, 4) is 17.2 Å². The Morgan fingerprint density at radius 2 is 1.81 bits per heavy atom. The van der Waals surface area contributed by atoms with Crippen molar-refractivity contribution in [2.45, 2.75) is 18.2 Å². The third kappa shape index (κ3) is 1.59. The Balaban J connectivity index is 2.64. The number of benzene rings is 1. The van der Waals surface area contributed by atoms with Crippen LogP contribution in [0.15, 0.2) is 6.07 Å². The van der Waals surface area contributed by atoms with Crippen LogP contribution in [0.3, 0.4) is 0 Å². The summed E-state index contributed by atoms with van der Waals surface area (Å²) >= 11 is 6.24. The lowest BCUT2D eigenvalue weighted by Gasteiger charge is -2.16. The molecule has 1 aliphatic carbocycles. The number of methoxy groups -OCH3 is 3. The summed E-state index contributed by atoms with van der Waals surface area (Å²) < 4.78 is 16.0. The van der Waals surface area contributed by atoms with Crippen molar-refractivity contribution in [1.82, 2.24) is 0 Å². The maximum absolute atomic E-state index is 6.24. The van der Waals surface area contributed by atoms with Crippen LogP contribution in [-0.2, 0) is 6.42 Å². The molecule has 0 fully saturated rings. The first-order valence-electron chi connectivity index (χ1n) is 5.18. The van der Waals surface area contributed by atoms with Gasteiger partial charge in [0.05, 0.1) is 26.7 Å². The van der Waals surface area contributed by atoms with Crippen LogP contribution in [0.25, 0.3) is 0 Å². The fraction of sp³-hybridized carbons (Fsp3) is 0.500. The van der Waals surface area contributed by atoms with E-state index in [1.165, 1.54) is 0 Å². The Morgan fingerprint density at radius 1 is 1.12 bits per heavy atom. The highest BCUT2D eigenvalue weighted by molar-refractivity contribution is 6.21. The summed E-state index contributed by atoms with van der Waals surface area (Å²) in [4.78, 5) is 0. The summed E-state index contributed by atoms with van der Waals surface area (Å²) in [5.41, 5.74) is 2.23. The van der Waals surface area contributed by atoms with E-state index < -0.39 is 0 Å². The summed E-state index contributed by atoms with van der Waals surface area (Å²) in [5.74, 6) is 2.07. The van der Waals surface area contributed by atoms with Gasteiger partial charge in [-0.05, 0) is 24.5 Å². The predicted octanol–water partition coefficient (Wildman–Crippen LogP) is 2.94. The van der Waals surface area contributed by atoms with Gasteiger partial charge in [-0.2, -0.15) is 0 Å². The molecule has 2 rings (SSSR count). The molecule has 1 aromatic rings. The van der Waals surface area contributed by atoms with Crippen LogP contribution < -0.4 is 14.2 Å². The van der Waals surface area contributed by atoms with Crippen molar-refractivity contribution < 1.29 is 14.2 Å². The molecule has 1 atom stereocenters. The van der Waals surface area contributed by atoms with Gasteiger partial charge < -0.3 is 14.2 Å². The van der Waals surface area contributed by atoms with E-state index in [-0.39, 0.29) is 5.38 Å². The highest BCUT2D eigenvalue weighted by Gasteiger charge is 2.28. The molecule has 0 saturated carbocycles. The van der Waals surface area contributed by atoms with Crippen LogP contribution in [0.5, 0.6) is 17.2 Å². The van der Waals surface area contributed by atoms with Crippen LogP contribution in [0, 0.1) is 0 Å². The maximum atomic E-state index is 6.24. The highest BCUT2D eigenvalue weighted by atomic mass is 35.5. The standard InChI is InChI=1S/C12H15ClO3/c1-14-10-6-8-7(4-5-9(8)13)11(15-2)12(10)16-3/h6,9H,4-5H2,1-3H3. The lowest BCUT2D eigenvalue weighted by atomic mass is 10.1. The smallest absolute Gasteiger partial charge is 0.203 e. The van der Waals surface area contributed by atoms with Crippen LogP contribution in [0.2, 0.25) is 0 Å². The molecule has 16 heavy (non-hydrogen) atoms. The van der Waals surface area contributed by atoms with Crippen molar-refractivity contribution in [3.63, 3.8) is 0 Å². The first kappa shape index (κ1) is 11.4. The fourth-order valence-electron chi connectivity index (χ4n) is 2.20. The van der Waals surface area contributed by atoms with Gasteiger partial charge >= 0.3 is 0 Å². The molecule has 0 aromatic heterocycles. The zero-order valence-corrected chi connectivity index (χ0v) is 10.4. The number of halogens is 1. The molecule has 3 nitrogen and oxygen atoms in total. The molecule has 0 amide bonds. The molecule has 0 aliphatic heterocycles. The van der Waals surface area contributed by atoms with Gasteiger partial charge in [-0.1, -0.05) is 0 Å². The predicted molar refractivity (Wildman–Crippen MR) is 63.0 cm³/mol. The van der Waals surface area contributed by atoms with E-state index in [2.05, 4.69) is 0 Å². The van der Waals surface area contributed by atoms with Gasteiger partial charge in [-0.3, -0.25) is 0 Å². The second kappa shape index (κ2) is 4.42. The third-order valence-corrected chi connectivity index (χ3v) is 3.41. The Bertz CT molecular complexity index is 400. The van der Waals surface area contributed by atoms with Crippen molar-refractivity contribution in [2.24, 2.45) is 0 Å². The van der Waals surface area contributed by atoms with Crippen LogP contribution in [-0.4, -0.2) is 21.3 Å². The Morgan fingerprint density at radius 3 is 2.38 bits per heavy atom. The zero-order valence-electron chi connectivity index (χ0n) is 9.67. The topological polar surface area (TPSA) is 27.7 Å². The van der Waals surface area contributed by atoms with Gasteiger partial charge in [0, 0.05) is 5.56 Å². The molecular formula is C12H15ClO3. The van der Waals surface area contributed by atoms with Gasteiger partial charge in [-0.15, -0.1) is 11.6 Å². The van der Waals surface area contributed by atoms with Gasteiger partial charge in [0.15, 0.2) is 11.5 Å². The lowest BCUT2D eigenvalue weighted by molar-refractivity contribution is 0.322. The minimum absolute atomic E-state index is 0.0451. The maximum Gasteiger partial charge on any atom is 0.203 e. The van der Waals surface area contributed by atoms with E-state index in [1.54, 1.807) is 21.3 Å². The summed E-state index contributed by atoms with van der Waals surface area (Å²) in [6.45, 7) is 0. The van der Waals surface area contributed by atoms with E-state index in [1.807, 2.05) is 6.07 Å². The number of fused-ring (bicyclic) bond motifs is 1. The molecule has 0 bridgehead atoms. The van der Waals surface area contributed by atoms with Crippen LogP contribution in [0.4, 0.5) is 0 Å². The molecule has 0 spiro atoms. The molecule has 0 heterocycles. The van der Waals surface area contributed by atoms with Gasteiger partial charge in [-0.25, -0.2) is 0 Å². The molecule has 88 valence electrons. The molecule has 1 aromatic carbocycles. The van der Waals surface area contributed by atoms with E-state index in [0.717, 1.165) is 29.7 Å². The Hall–Kier alpha value is -1.09. The Labute approximate surface area is 100 Å². The summed E-state index contributed by atoms with van der Waals surface area (Å²) in [5, 5.41) is 0.0451. The highest BCUT2D eigenvalue weighted by Crippen LogP contribution is 2.49. The zero-order chi connectivity index (χ0) is 11.7. The average molecular weight is 243 g/mol. The number of rotatable bonds is 3. The Kier molecular flexibility index (Phi) is 3.15. The summed E-state index contributed by atoms with van der Waals surface area (Å²) in [6, 6.07) is 1.95. The van der Waals surface area contributed by atoms with Crippen molar-refractivity contribution >= 4 is 11.6 Å². The number of alkyl halides is 1. The molecule has 1 aliphatic rings. The first-order valence-corrected chi connectivity index (χ1v) is 5.62. The molecular weight excluding hydrogens is 228 g/mol. The van der Waals surface area contributed by atoms with Crippen LogP contribution >= 0.6 is 11.6 Å². The van der Waals surface area contributed by atoms with Gasteiger partial charge in [0.25, 0.3) is 0 Å². The van der Waals surface area contributed by atoms with Crippen molar-refractivity contribution in [1.29, 1.82) is 0 Å². The number of hydrogen-bond donors (Lipinski definition) is 0. The normalized spacial score (nSPS) is 18.1. The van der Waals surface area contributed by atoms with Crippen molar-refractivity contribution in [3.05, 3.63) is 17.2 Å². The monoisotopic (exact) mass is 242 g/mol. The minimum Gasteiger partial charge on any atom is -0.493 e. The minimum atomic E-state index is 0.0451. The van der Waals surface area contributed by atoms with Crippen LogP contribution in [0.1, 0.15) is 22.9 Å². The van der Waals surface area contributed by atoms with Gasteiger partial charge in [0.2, 0.25) is 5.75 Å². The van der Waals surface area contributed by atoms with E-state index in [0.29, 0.717) is 11.5 Å².